The zero-order valence-corrected chi connectivity index (χ0v) is 24.0. The first kappa shape index (κ1) is 26.9. The van der Waals surface area contributed by atoms with Crippen LogP contribution in [0.5, 0.6) is 0 Å². The molecule has 0 spiro atoms. The summed E-state index contributed by atoms with van der Waals surface area (Å²) in [6.45, 7) is 15.9. The maximum Gasteiger partial charge on any atom is -0.0171 e. The highest BCUT2D eigenvalue weighted by molar-refractivity contribution is 6.06. The number of fused-ring (bicyclic) bond motifs is 5. The molecule has 0 nitrogen and oxygen atoms in total. The van der Waals surface area contributed by atoms with Gasteiger partial charge in [0.25, 0.3) is 0 Å². The number of hydrogen-bond acceptors (Lipinski definition) is 0. The molecule has 0 aliphatic heterocycles. The van der Waals surface area contributed by atoms with Gasteiger partial charge in [0, 0.05) is 0 Å². The van der Waals surface area contributed by atoms with E-state index in [1.54, 1.807) is 0 Å². The van der Waals surface area contributed by atoms with Crippen LogP contribution in [0.1, 0.15) is 38.8 Å². The molecule has 0 bridgehead atoms. The zero-order valence-electron chi connectivity index (χ0n) is 24.0. The lowest BCUT2D eigenvalue weighted by atomic mass is 9.94. The molecule has 0 aliphatic carbocycles. The molecular weight excluding hydrogens is 480 g/mol. The highest BCUT2D eigenvalue weighted by Gasteiger charge is 2.07. The van der Waals surface area contributed by atoms with Crippen LogP contribution in [-0.2, 0) is 0 Å². The Morgan fingerprint density at radius 1 is 0.350 bits per heavy atom. The van der Waals surface area contributed by atoms with Crippen LogP contribution in [0.3, 0.4) is 0 Å². The van der Waals surface area contributed by atoms with Crippen molar-refractivity contribution in [1.82, 2.24) is 0 Å². The Balaban J connectivity index is 0.000000774. The quantitative estimate of drug-likeness (QED) is 0.205. The van der Waals surface area contributed by atoms with E-state index in [0.29, 0.717) is 0 Å². The van der Waals surface area contributed by atoms with Crippen molar-refractivity contribution in [3.8, 4) is 11.1 Å². The number of benzene rings is 7. The molecule has 0 N–H and O–H groups in total. The Hall–Kier alpha value is -4.68. The van der Waals surface area contributed by atoms with Gasteiger partial charge in [0.05, 0.1) is 0 Å². The molecule has 0 saturated carbocycles. The molecule has 0 heteroatoms. The van der Waals surface area contributed by atoms with Crippen molar-refractivity contribution in [1.29, 1.82) is 0 Å². The van der Waals surface area contributed by atoms with Gasteiger partial charge in [-0.1, -0.05) is 102 Å². The second kappa shape index (κ2) is 11.6. The van der Waals surface area contributed by atoms with Gasteiger partial charge in [0.1, 0.15) is 0 Å². The van der Waals surface area contributed by atoms with Gasteiger partial charge in [0.15, 0.2) is 0 Å². The fraction of sp³-hybridized carbons (Fsp3) is 0.100. The van der Waals surface area contributed by atoms with E-state index in [0.717, 1.165) is 11.1 Å². The third kappa shape index (κ3) is 4.90. The smallest absolute Gasteiger partial charge is 0.0171 e. The van der Waals surface area contributed by atoms with Crippen molar-refractivity contribution in [2.45, 2.75) is 27.7 Å². The van der Waals surface area contributed by atoms with Crippen LogP contribution in [0, 0.1) is 0 Å². The average Bonchev–Trinajstić information content (AvgIpc) is 3.02. The SMILES string of the molecule is C=Cc1cc2cc3ccc(-c4ccc5cc6cc7ccccc7cc6cc5c4)cc3cc2cc1C=C.CC.CC. The lowest BCUT2D eigenvalue weighted by Crippen LogP contribution is -1.85. The highest BCUT2D eigenvalue weighted by atomic mass is 14.1. The second-order valence-electron chi connectivity index (χ2n) is 9.61. The van der Waals surface area contributed by atoms with E-state index < -0.39 is 0 Å². The van der Waals surface area contributed by atoms with Crippen molar-refractivity contribution < 1.29 is 0 Å². The van der Waals surface area contributed by atoms with Gasteiger partial charge < -0.3 is 0 Å². The van der Waals surface area contributed by atoms with Crippen LogP contribution in [-0.4, -0.2) is 0 Å². The van der Waals surface area contributed by atoms with Gasteiger partial charge in [-0.2, -0.15) is 0 Å². The summed E-state index contributed by atoms with van der Waals surface area (Å²) in [7, 11) is 0. The van der Waals surface area contributed by atoms with Crippen LogP contribution in [0.2, 0.25) is 0 Å². The van der Waals surface area contributed by atoms with E-state index in [1.165, 1.54) is 65.0 Å². The maximum atomic E-state index is 3.97. The molecular formula is C40H36. The summed E-state index contributed by atoms with van der Waals surface area (Å²) < 4.78 is 0. The molecule has 0 fully saturated rings. The zero-order chi connectivity index (χ0) is 28.2. The fourth-order valence-electron chi connectivity index (χ4n) is 5.49. The summed E-state index contributed by atoms with van der Waals surface area (Å²) in [5.41, 5.74) is 4.69. The van der Waals surface area contributed by atoms with Crippen LogP contribution in [0.25, 0.3) is 77.1 Å². The van der Waals surface area contributed by atoms with Crippen molar-refractivity contribution in [2.24, 2.45) is 0 Å². The Bertz CT molecular complexity index is 2020. The van der Waals surface area contributed by atoms with Crippen LogP contribution in [0.15, 0.2) is 122 Å². The van der Waals surface area contributed by atoms with Crippen molar-refractivity contribution in [2.75, 3.05) is 0 Å². The van der Waals surface area contributed by atoms with E-state index >= 15 is 0 Å². The molecule has 7 rings (SSSR count). The molecule has 196 valence electrons. The third-order valence-electron chi connectivity index (χ3n) is 7.43. The summed E-state index contributed by atoms with van der Waals surface area (Å²) in [5, 5.41) is 12.6. The predicted molar refractivity (Wildman–Crippen MR) is 182 cm³/mol. The predicted octanol–water partition coefficient (Wildman–Crippen LogP) is 12.5. The molecule has 0 atom stereocenters. The lowest BCUT2D eigenvalue weighted by molar-refractivity contribution is 1.50. The van der Waals surface area contributed by atoms with E-state index in [2.05, 4.69) is 122 Å². The largest absolute Gasteiger partial charge is 0.0984 e. The Kier molecular flexibility index (Phi) is 7.80. The summed E-state index contributed by atoms with van der Waals surface area (Å²) in [6.07, 6.45) is 3.80. The minimum atomic E-state index is 1.11. The first-order chi connectivity index (χ1) is 19.7. The first-order valence-corrected chi connectivity index (χ1v) is 14.3. The molecule has 0 aromatic heterocycles. The summed E-state index contributed by atoms with van der Waals surface area (Å²) in [5.74, 6) is 0. The Morgan fingerprint density at radius 2 is 0.650 bits per heavy atom. The molecule has 0 aliphatic rings. The van der Waals surface area contributed by atoms with E-state index in [4.69, 9.17) is 0 Å². The topological polar surface area (TPSA) is 0 Å². The summed E-state index contributed by atoms with van der Waals surface area (Å²) in [4.78, 5) is 0. The van der Waals surface area contributed by atoms with Crippen LogP contribution in [0.4, 0.5) is 0 Å². The van der Waals surface area contributed by atoms with Crippen molar-refractivity contribution >= 4 is 66.0 Å². The molecule has 7 aromatic carbocycles. The van der Waals surface area contributed by atoms with Gasteiger partial charge >= 0.3 is 0 Å². The van der Waals surface area contributed by atoms with E-state index in [1.807, 2.05) is 39.8 Å². The number of rotatable bonds is 3. The van der Waals surface area contributed by atoms with Crippen LogP contribution >= 0.6 is 0 Å². The number of hydrogen-bond donors (Lipinski definition) is 0. The van der Waals surface area contributed by atoms with Gasteiger partial charge in [-0.3, -0.25) is 0 Å². The minimum Gasteiger partial charge on any atom is -0.0984 e. The monoisotopic (exact) mass is 516 g/mol. The minimum absolute atomic E-state index is 1.11. The van der Waals surface area contributed by atoms with Gasteiger partial charge in [-0.15, -0.1) is 0 Å². The lowest BCUT2D eigenvalue weighted by Gasteiger charge is -2.10. The third-order valence-corrected chi connectivity index (χ3v) is 7.43. The van der Waals surface area contributed by atoms with Crippen molar-refractivity contribution in [3.05, 3.63) is 133 Å². The van der Waals surface area contributed by atoms with Gasteiger partial charge in [0.2, 0.25) is 0 Å². The normalized spacial score (nSPS) is 10.7. The van der Waals surface area contributed by atoms with Crippen LogP contribution < -0.4 is 0 Å². The summed E-state index contributed by atoms with van der Waals surface area (Å²) >= 11 is 0. The molecule has 0 unspecified atom stereocenters. The molecule has 0 radical (unpaired) electrons. The van der Waals surface area contributed by atoms with E-state index in [9.17, 15) is 0 Å². The molecule has 0 amide bonds. The molecule has 7 aromatic rings. The van der Waals surface area contributed by atoms with Crippen molar-refractivity contribution in [3.63, 3.8) is 0 Å². The van der Waals surface area contributed by atoms with Gasteiger partial charge in [-0.05, 0) is 137 Å². The van der Waals surface area contributed by atoms with Gasteiger partial charge in [-0.25, -0.2) is 0 Å². The van der Waals surface area contributed by atoms with E-state index in [-0.39, 0.29) is 0 Å². The molecule has 40 heavy (non-hydrogen) atoms. The highest BCUT2D eigenvalue weighted by Crippen LogP contribution is 2.33. The Labute approximate surface area is 237 Å². The standard InChI is InChI=1S/C36H24.2C2H6/c1-3-23-13-33-19-29-11-9-27(17-31(29)21-34(33)14-24(23)4-2)28-10-12-30-20-35-15-25-7-5-6-8-26(25)16-36(35)22-32(30)18-28;2*1-2/h3-22H,1-2H2;2*1-2H3. The fourth-order valence-corrected chi connectivity index (χ4v) is 5.49. The first-order valence-electron chi connectivity index (χ1n) is 14.3. The molecule has 0 saturated heterocycles. The average molecular weight is 517 g/mol. The molecule has 0 heterocycles. The second-order valence-corrected chi connectivity index (χ2v) is 9.61. The maximum absolute atomic E-state index is 3.97. The Morgan fingerprint density at radius 3 is 1.02 bits per heavy atom. The summed E-state index contributed by atoms with van der Waals surface area (Å²) in [6, 6.07) is 40.3.